The van der Waals surface area contributed by atoms with E-state index in [1.165, 1.54) is 4.90 Å². The maximum Gasteiger partial charge on any atom is 0.325 e. The molecule has 2 aromatic rings. The summed E-state index contributed by atoms with van der Waals surface area (Å²) in [6.07, 6.45) is 1.10. The third-order valence-corrected chi connectivity index (χ3v) is 4.52. The number of imide groups is 1. The van der Waals surface area contributed by atoms with Crippen molar-refractivity contribution in [2.75, 3.05) is 18.4 Å². The van der Waals surface area contributed by atoms with Gasteiger partial charge in [0.05, 0.1) is 10.9 Å². The van der Waals surface area contributed by atoms with Gasteiger partial charge < -0.3 is 10.6 Å². The van der Waals surface area contributed by atoms with Crippen molar-refractivity contribution < 1.29 is 9.59 Å². The monoisotopic (exact) mass is 343 g/mol. The van der Waals surface area contributed by atoms with Crippen molar-refractivity contribution in [2.45, 2.75) is 32.2 Å². The molecule has 3 rings (SSSR count). The molecule has 8 heteroatoms. The van der Waals surface area contributed by atoms with Gasteiger partial charge in [-0.1, -0.05) is 19.1 Å². The Balaban J connectivity index is 1.58. The van der Waals surface area contributed by atoms with E-state index in [0.29, 0.717) is 42.8 Å². The summed E-state index contributed by atoms with van der Waals surface area (Å²) < 4.78 is 0. The van der Waals surface area contributed by atoms with E-state index < -0.39 is 5.54 Å². The molecule has 3 N–H and O–H groups in total. The van der Waals surface area contributed by atoms with Gasteiger partial charge in [-0.05, 0) is 31.9 Å². The third-order valence-electron chi connectivity index (χ3n) is 4.52. The lowest BCUT2D eigenvalue weighted by Crippen LogP contribution is -2.43. The second-order valence-electron chi connectivity index (χ2n) is 6.28. The number of aromatic nitrogens is 2. The third kappa shape index (κ3) is 3.19. The van der Waals surface area contributed by atoms with Gasteiger partial charge in [0, 0.05) is 13.1 Å². The number of H-pyrrole nitrogens is 1. The molecule has 0 unspecified atom stereocenters. The predicted molar refractivity (Wildman–Crippen MR) is 94.4 cm³/mol. The molecule has 25 heavy (non-hydrogen) atoms. The predicted octanol–water partition coefficient (Wildman–Crippen LogP) is 1.45. The van der Waals surface area contributed by atoms with Gasteiger partial charge in [0.25, 0.3) is 11.5 Å². The number of carbonyl (C=O) groups excluding carboxylic acids is 2. The number of urea groups is 1. The van der Waals surface area contributed by atoms with Crippen LogP contribution in [0.3, 0.4) is 0 Å². The second kappa shape index (κ2) is 6.54. The molecular weight excluding hydrogens is 322 g/mol. The van der Waals surface area contributed by atoms with Crippen LogP contribution in [0.25, 0.3) is 10.9 Å². The number of anilines is 1. The van der Waals surface area contributed by atoms with Crippen LogP contribution in [0.4, 0.5) is 10.7 Å². The molecule has 1 fully saturated rings. The Morgan fingerprint density at radius 3 is 2.72 bits per heavy atom. The molecule has 1 saturated heterocycles. The van der Waals surface area contributed by atoms with Crippen LogP contribution in [-0.2, 0) is 4.79 Å². The second-order valence-corrected chi connectivity index (χ2v) is 6.28. The van der Waals surface area contributed by atoms with E-state index in [9.17, 15) is 14.4 Å². The largest absolute Gasteiger partial charge is 0.356 e. The van der Waals surface area contributed by atoms with E-state index in [-0.39, 0.29) is 17.5 Å². The zero-order valence-corrected chi connectivity index (χ0v) is 14.3. The van der Waals surface area contributed by atoms with Crippen molar-refractivity contribution in [1.29, 1.82) is 0 Å². The summed E-state index contributed by atoms with van der Waals surface area (Å²) >= 11 is 0. The van der Waals surface area contributed by atoms with E-state index in [4.69, 9.17) is 0 Å². The van der Waals surface area contributed by atoms with Crippen molar-refractivity contribution in [3.05, 3.63) is 34.6 Å². The summed E-state index contributed by atoms with van der Waals surface area (Å²) in [5.41, 5.74) is -0.405. The number of amides is 3. The minimum absolute atomic E-state index is 0.197. The van der Waals surface area contributed by atoms with Crippen molar-refractivity contribution >= 4 is 28.8 Å². The Morgan fingerprint density at radius 2 is 2.00 bits per heavy atom. The average molecular weight is 343 g/mol. The van der Waals surface area contributed by atoms with Gasteiger partial charge in [-0.25, -0.2) is 9.78 Å². The number of hydrogen-bond acceptors (Lipinski definition) is 5. The highest BCUT2D eigenvalue weighted by molar-refractivity contribution is 6.06. The van der Waals surface area contributed by atoms with Crippen LogP contribution in [0, 0.1) is 0 Å². The van der Waals surface area contributed by atoms with Crippen molar-refractivity contribution in [3.63, 3.8) is 0 Å². The van der Waals surface area contributed by atoms with Crippen LogP contribution in [-0.4, -0.2) is 45.4 Å². The molecule has 1 atom stereocenters. The first kappa shape index (κ1) is 16.9. The summed E-state index contributed by atoms with van der Waals surface area (Å²) in [6.45, 7) is 4.38. The standard InChI is InChI=1S/C17H21N5O3/c1-3-17(2)14(24)22(16(25)21-17)10-6-9-18-15-19-12-8-5-4-7-11(12)13(23)20-15/h4-5,7-8H,3,6,9-10H2,1-2H3,(H,21,25)(H2,18,19,20,23)/t17-/m0/s1. The molecule has 0 bridgehead atoms. The van der Waals surface area contributed by atoms with E-state index in [1.54, 1.807) is 25.1 Å². The smallest absolute Gasteiger partial charge is 0.325 e. The summed E-state index contributed by atoms with van der Waals surface area (Å²) in [7, 11) is 0. The van der Waals surface area contributed by atoms with Gasteiger partial charge in [-0.15, -0.1) is 0 Å². The molecule has 132 valence electrons. The van der Waals surface area contributed by atoms with Gasteiger partial charge >= 0.3 is 6.03 Å². The van der Waals surface area contributed by atoms with Gasteiger partial charge in [-0.2, -0.15) is 0 Å². The van der Waals surface area contributed by atoms with Crippen molar-refractivity contribution in [1.82, 2.24) is 20.2 Å². The van der Waals surface area contributed by atoms with Gasteiger partial charge in [0.1, 0.15) is 5.54 Å². The highest BCUT2D eigenvalue weighted by Gasteiger charge is 2.45. The molecule has 1 aliphatic heterocycles. The van der Waals surface area contributed by atoms with Crippen LogP contribution in [0.5, 0.6) is 0 Å². The molecule has 3 amide bonds. The molecule has 1 aromatic carbocycles. The molecule has 2 heterocycles. The number of carbonyl (C=O) groups is 2. The molecule has 0 spiro atoms. The highest BCUT2D eigenvalue weighted by Crippen LogP contribution is 2.20. The maximum absolute atomic E-state index is 12.3. The zero-order chi connectivity index (χ0) is 18.0. The number of hydrogen-bond donors (Lipinski definition) is 3. The molecular formula is C17H21N5O3. The Morgan fingerprint density at radius 1 is 1.24 bits per heavy atom. The molecule has 1 aromatic heterocycles. The van der Waals surface area contributed by atoms with Crippen LogP contribution >= 0.6 is 0 Å². The number of benzene rings is 1. The fraction of sp³-hybridized carbons (Fsp3) is 0.412. The summed E-state index contributed by atoms with van der Waals surface area (Å²) in [6, 6.07) is 6.74. The fourth-order valence-corrected chi connectivity index (χ4v) is 2.80. The van der Waals surface area contributed by atoms with E-state index >= 15 is 0 Å². The molecule has 0 radical (unpaired) electrons. The van der Waals surface area contributed by atoms with E-state index in [0.717, 1.165) is 0 Å². The first-order valence-corrected chi connectivity index (χ1v) is 8.31. The van der Waals surface area contributed by atoms with Crippen LogP contribution in [0.2, 0.25) is 0 Å². The molecule has 8 nitrogen and oxygen atoms in total. The van der Waals surface area contributed by atoms with E-state index in [1.807, 2.05) is 13.0 Å². The lowest BCUT2D eigenvalue weighted by molar-refractivity contribution is -0.130. The molecule has 0 saturated carbocycles. The average Bonchev–Trinajstić information content (AvgIpc) is 2.82. The Hall–Kier alpha value is -2.90. The maximum atomic E-state index is 12.3. The molecule has 1 aliphatic rings. The normalized spacial score (nSPS) is 20.2. The minimum Gasteiger partial charge on any atom is -0.356 e. The fourth-order valence-electron chi connectivity index (χ4n) is 2.80. The summed E-state index contributed by atoms with van der Waals surface area (Å²) in [5, 5.41) is 6.29. The summed E-state index contributed by atoms with van der Waals surface area (Å²) in [4.78, 5) is 44.5. The first-order chi connectivity index (χ1) is 11.9. The van der Waals surface area contributed by atoms with Gasteiger partial charge in [0.15, 0.2) is 0 Å². The number of aromatic amines is 1. The van der Waals surface area contributed by atoms with Crippen LogP contribution < -0.4 is 16.2 Å². The Labute approximate surface area is 144 Å². The number of nitrogens with one attached hydrogen (secondary N) is 3. The summed E-state index contributed by atoms with van der Waals surface area (Å²) in [5.74, 6) is 0.177. The highest BCUT2D eigenvalue weighted by atomic mass is 16.2. The number of fused-ring (bicyclic) bond motifs is 1. The lowest BCUT2D eigenvalue weighted by atomic mass is 9.99. The minimum atomic E-state index is -0.810. The Bertz CT molecular complexity index is 878. The van der Waals surface area contributed by atoms with Crippen LogP contribution in [0.1, 0.15) is 26.7 Å². The topological polar surface area (TPSA) is 107 Å². The quantitative estimate of drug-likeness (QED) is 0.543. The van der Waals surface area contributed by atoms with Crippen molar-refractivity contribution in [3.8, 4) is 0 Å². The number of nitrogens with zero attached hydrogens (tertiary/aromatic N) is 2. The Kier molecular flexibility index (Phi) is 4.43. The van der Waals surface area contributed by atoms with Gasteiger partial charge in [0.2, 0.25) is 5.95 Å². The van der Waals surface area contributed by atoms with Crippen molar-refractivity contribution in [2.24, 2.45) is 0 Å². The first-order valence-electron chi connectivity index (χ1n) is 8.31. The van der Waals surface area contributed by atoms with Gasteiger partial charge in [-0.3, -0.25) is 19.5 Å². The number of rotatable bonds is 6. The van der Waals surface area contributed by atoms with E-state index in [2.05, 4.69) is 20.6 Å². The molecule has 0 aliphatic carbocycles. The SMILES string of the molecule is CC[C@]1(C)NC(=O)N(CCCNc2nc3ccccc3c(=O)[nH]2)C1=O. The number of para-hydroxylation sites is 1. The zero-order valence-electron chi connectivity index (χ0n) is 14.3. The van der Waals surface area contributed by atoms with Crippen LogP contribution in [0.15, 0.2) is 29.1 Å². The lowest BCUT2D eigenvalue weighted by Gasteiger charge is -2.19.